The van der Waals surface area contributed by atoms with Crippen molar-refractivity contribution < 1.29 is 14.3 Å². The third-order valence-corrected chi connectivity index (χ3v) is 4.88. The third-order valence-electron chi connectivity index (χ3n) is 4.88. The molecular weight excluding hydrogens is 302 g/mol. The van der Waals surface area contributed by atoms with E-state index in [1.807, 2.05) is 53.4 Å². The largest absolute Gasteiger partial charge is 0.372 e. The summed E-state index contributed by atoms with van der Waals surface area (Å²) >= 11 is 0. The molecule has 0 N–H and O–H groups in total. The van der Waals surface area contributed by atoms with Gasteiger partial charge in [-0.2, -0.15) is 0 Å². The summed E-state index contributed by atoms with van der Waals surface area (Å²) in [6, 6.07) is 20.2. The number of hydrogen-bond donors (Lipinski definition) is 0. The van der Waals surface area contributed by atoms with Gasteiger partial charge in [-0.05, 0) is 11.1 Å². The van der Waals surface area contributed by atoms with E-state index in [9.17, 15) is 4.79 Å². The smallest absolute Gasteiger partial charge is 0.225 e. The van der Waals surface area contributed by atoms with E-state index in [1.165, 1.54) is 0 Å². The predicted molar refractivity (Wildman–Crippen MR) is 90.0 cm³/mol. The third kappa shape index (κ3) is 2.72. The molecule has 0 saturated carbocycles. The van der Waals surface area contributed by atoms with Crippen LogP contribution in [0.25, 0.3) is 0 Å². The average Bonchev–Trinajstić information content (AvgIpc) is 3.15. The highest BCUT2D eigenvalue weighted by atomic mass is 16.6. The quantitative estimate of drug-likeness (QED) is 0.847. The molecule has 0 aliphatic carbocycles. The van der Waals surface area contributed by atoms with Crippen LogP contribution in [0.2, 0.25) is 0 Å². The highest BCUT2D eigenvalue weighted by molar-refractivity contribution is 5.80. The summed E-state index contributed by atoms with van der Waals surface area (Å²) in [5, 5.41) is 0. The van der Waals surface area contributed by atoms with Crippen molar-refractivity contribution in [2.45, 2.75) is 31.2 Å². The zero-order valence-electron chi connectivity index (χ0n) is 13.6. The molecule has 0 spiro atoms. The molecule has 2 heterocycles. The number of ether oxygens (including phenoxy) is 2. The topological polar surface area (TPSA) is 38.8 Å². The minimum Gasteiger partial charge on any atom is -0.372 e. The summed E-state index contributed by atoms with van der Waals surface area (Å²) in [5.41, 5.74) is 1.65. The molecule has 0 bridgehead atoms. The standard InChI is InChI=1S/C20H21NO3/c22-19-11-12-20(15-23-13-16-7-3-1-4-8-16)21(19)18(14-24-20)17-9-5-2-6-10-17/h1-10,18H,11-15H2/t18-,20+/m1/s1. The lowest BCUT2D eigenvalue weighted by atomic mass is 10.1. The molecule has 2 aromatic carbocycles. The van der Waals surface area contributed by atoms with Crippen LogP contribution in [0.3, 0.4) is 0 Å². The van der Waals surface area contributed by atoms with Gasteiger partial charge in [-0.25, -0.2) is 0 Å². The fraction of sp³-hybridized carbons (Fsp3) is 0.350. The lowest BCUT2D eigenvalue weighted by molar-refractivity contribution is -0.149. The maximum atomic E-state index is 12.5. The number of benzene rings is 2. The van der Waals surface area contributed by atoms with Crippen LogP contribution in [0, 0.1) is 0 Å². The highest BCUT2D eigenvalue weighted by Crippen LogP contribution is 2.44. The summed E-state index contributed by atoms with van der Waals surface area (Å²) in [6.07, 6.45) is 1.22. The van der Waals surface area contributed by atoms with Gasteiger partial charge in [-0.1, -0.05) is 60.7 Å². The van der Waals surface area contributed by atoms with E-state index in [4.69, 9.17) is 9.47 Å². The zero-order chi connectivity index (χ0) is 16.4. The maximum absolute atomic E-state index is 12.5. The minimum absolute atomic E-state index is 0.0125. The van der Waals surface area contributed by atoms with Crippen molar-refractivity contribution in [3.8, 4) is 0 Å². The predicted octanol–water partition coefficient (Wildman–Crippen LogP) is 3.29. The Labute approximate surface area is 142 Å². The van der Waals surface area contributed by atoms with E-state index in [2.05, 4.69) is 12.1 Å². The molecule has 2 aliphatic heterocycles. The van der Waals surface area contributed by atoms with Crippen molar-refractivity contribution in [3.63, 3.8) is 0 Å². The van der Waals surface area contributed by atoms with Crippen molar-refractivity contribution in [1.29, 1.82) is 0 Å². The Kier molecular flexibility index (Phi) is 4.08. The Morgan fingerprint density at radius 3 is 2.54 bits per heavy atom. The monoisotopic (exact) mass is 323 g/mol. The number of hydrogen-bond acceptors (Lipinski definition) is 3. The molecule has 2 aromatic rings. The molecule has 0 unspecified atom stereocenters. The van der Waals surface area contributed by atoms with Gasteiger partial charge < -0.3 is 14.4 Å². The molecule has 4 heteroatoms. The highest BCUT2D eigenvalue weighted by Gasteiger charge is 2.54. The van der Waals surface area contributed by atoms with Crippen LogP contribution in [0.1, 0.15) is 30.0 Å². The van der Waals surface area contributed by atoms with Crippen molar-refractivity contribution in [2.24, 2.45) is 0 Å². The first-order chi connectivity index (χ1) is 11.8. The Morgan fingerprint density at radius 2 is 1.79 bits per heavy atom. The van der Waals surface area contributed by atoms with Gasteiger partial charge in [0.25, 0.3) is 0 Å². The molecular formula is C20H21NO3. The van der Waals surface area contributed by atoms with Gasteiger partial charge in [0.05, 0.1) is 25.9 Å². The van der Waals surface area contributed by atoms with Gasteiger partial charge in [0.1, 0.15) is 0 Å². The van der Waals surface area contributed by atoms with Gasteiger partial charge >= 0.3 is 0 Å². The zero-order valence-corrected chi connectivity index (χ0v) is 13.6. The molecule has 4 nitrogen and oxygen atoms in total. The summed E-state index contributed by atoms with van der Waals surface area (Å²) in [4.78, 5) is 14.4. The first kappa shape index (κ1) is 15.4. The van der Waals surface area contributed by atoms with E-state index in [-0.39, 0.29) is 11.9 Å². The molecule has 2 aliphatic rings. The van der Waals surface area contributed by atoms with Crippen LogP contribution >= 0.6 is 0 Å². The molecule has 4 rings (SSSR count). The number of carbonyl (C=O) groups is 1. The van der Waals surface area contributed by atoms with Crippen molar-refractivity contribution in [2.75, 3.05) is 13.2 Å². The minimum atomic E-state index is -0.605. The van der Waals surface area contributed by atoms with Gasteiger partial charge in [0.15, 0.2) is 5.72 Å². The second-order valence-corrected chi connectivity index (χ2v) is 6.43. The van der Waals surface area contributed by atoms with Crippen molar-refractivity contribution in [1.82, 2.24) is 4.90 Å². The molecule has 24 heavy (non-hydrogen) atoms. The van der Waals surface area contributed by atoms with Crippen LogP contribution in [-0.2, 0) is 20.9 Å². The van der Waals surface area contributed by atoms with Gasteiger partial charge in [0.2, 0.25) is 5.91 Å². The van der Waals surface area contributed by atoms with E-state index in [1.54, 1.807) is 0 Å². The van der Waals surface area contributed by atoms with E-state index in [0.717, 1.165) is 11.1 Å². The number of nitrogens with zero attached hydrogens (tertiary/aromatic N) is 1. The van der Waals surface area contributed by atoms with Gasteiger partial charge in [-0.15, -0.1) is 0 Å². The Hall–Kier alpha value is -2.17. The Morgan fingerprint density at radius 1 is 1.08 bits per heavy atom. The summed E-state index contributed by atoms with van der Waals surface area (Å²) < 4.78 is 12.0. The maximum Gasteiger partial charge on any atom is 0.225 e. The second-order valence-electron chi connectivity index (χ2n) is 6.43. The SMILES string of the molecule is O=C1CC[C@@]2(COCc3ccccc3)OC[C@H](c3ccccc3)N12. The normalized spacial score (nSPS) is 25.9. The Bertz CT molecular complexity index is 703. The van der Waals surface area contributed by atoms with Crippen LogP contribution in [0.5, 0.6) is 0 Å². The lowest BCUT2D eigenvalue weighted by Gasteiger charge is -2.33. The van der Waals surface area contributed by atoms with E-state index in [0.29, 0.717) is 32.7 Å². The number of carbonyl (C=O) groups excluding carboxylic acids is 1. The number of rotatable bonds is 5. The second kappa shape index (κ2) is 6.38. The first-order valence-electron chi connectivity index (χ1n) is 8.41. The van der Waals surface area contributed by atoms with E-state index >= 15 is 0 Å². The van der Waals surface area contributed by atoms with E-state index < -0.39 is 5.72 Å². The van der Waals surface area contributed by atoms with Crippen molar-refractivity contribution >= 4 is 5.91 Å². The molecule has 2 fully saturated rings. The first-order valence-corrected chi connectivity index (χ1v) is 8.41. The van der Waals surface area contributed by atoms with Crippen LogP contribution in [-0.4, -0.2) is 29.7 Å². The molecule has 2 atom stereocenters. The summed E-state index contributed by atoms with van der Waals surface area (Å²) in [6.45, 7) is 1.48. The lowest BCUT2D eigenvalue weighted by Crippen LogP contribution is -2.46. The molecule has 0 aromatic heterocycles. The van der Waals surface area contributed by atoms with Gasteiger partial charge in [-0.3, -0.25) is 4.79 Å². The number of amides is 1. The summed E-state index contributed by atoms with van der Waals surface area (Å²) in [7, 11) is 0. The molecule has 0 radical (unpaired) electrons. The fourth-order valence-electron chi connectivity index (χ4n) is 3.68. The molecule has 2 saturated heterocycles. The Balaban J connectivity index is 1.48. The number of fused-ring (bicyclic) bond motifs is 1. The van der Waals surface area contributed by atoms with Crippen LogP contribution < -0.4 is 0 Å². The van der Waals surface area contributed by atoms with Crippen LogP contribution in [0.15, 0.2) is 60.7 Å². The summed E-state index contributed by atoms with van der Waals surface area (Å²) in [5.74, 6) is 0.157. The van der Waals surface area contributed by atoms with Crippen LogP contribution in [0.4, 0.5) is 0 Å². The molecule has 1 amide bonds. The molecule has 124 valence electrons. The van der Waals surface area contributed by atoms with Gasteiger partial charge in [0, 0.05) is 12.8 Å². The van der Waals surface area contributed by atoms with Crippen molar-refractivity contribution in [3.05, 3.63) is 71.8 Å². The fourth-order valence-corrected chi connectivity index (χ4v) is 3.68. The average molecular weight is 323 g/mol.